The van der Waals surface area contributed by atoms with Crippen LogP contribution in [0.15, 0.2) is 4.99 Å². The molecule has 0 aromatic carbocycles. The van der Waals surface area contributed by atoms with Crippen molar-refractivity contribution in [3.63, 3.8) is 0 Å². The first-order chi connectivity index (χ1) is 8.59. The lowest BCUT2D eigenvalue weighted by Crippen LogP contribution is -2.46. The molecule has 18 heavy (non-hydrogen) atoms. The molecule has 0 spiro atoms. The second-order valence-electron chi connectivity index (χ2n) is 6.55. The van der Waals surface area contributed by atoms with Crippen LogP contribution < -0.4 is 5.32 Å². The predicted octanol–water partition coefficient (Wildman–Crippen LogP) is 4.06. The molecular formula is C15H28N2S. The monoisotopic (exact) mass is 268 g/mol. The normalized spacial score (nSPS) is 34.3. The van der Waals surface area contributed by atoms with E-state index in [1.165, 1.54) is 49.4 Å². The van der Waals surface area contributed by atoms with E-state index in [4.69, 9.17) is 4.99 Å². The molecule has 0 unspecified atom stereocenters. The molecule has 0 atom stereocenters. The Morgan fingerprint density at radius 3 is 2.50 bits per heavy atom. The topological polar surface area (TPSA) is 24.4 Å². The van der Waals surface area contributed by atoms with E-state index in [2.05, 4.69) is 26.1 Å². The van der Waals surface area contributed by atoms with Crippen molar-refractivity contribution >= 4 is 16.9 Å². The molecule has 1 aliphatic heterocycles. The van der Waals surface area contributed by atoms with E-state index in [-0.39, 0.29) is 5.54 Å². The summed E-state index contributed by atoms with van der Waals surface area (Å²) in [5.41, 5.74) is 0.240. The summed E-state index contributed by atoms with van der Waals surface area (Å²) in [5.74, 6) is 3.05. The summed E-state index contributed by atoms with van der Waals surface area (Å²) >= 11 is 1.90. The number of nitrogens with zero attached hydrogens (tertiary/aromatic N) is 1. The quantitative estimate of drug-likeness (QED) is 0.834. The minimum atomic E-state index is 0.240. The molecule has 1 saturated carbocycles. The number of aliphatic imine (C=N–C) groups is 1. The van der Waals surface area contributed by atoms with E-state index in [0.717, 1.165) is 18.4 Å². The van der Waals surface area contributed by atoms with Crippen molar-refractivity contribution in [3.05, 3.63) is 0 Å². The van der Waals surface area contributed by atoms with Crippen molar-refractivity contribution in [1.29, 1.82) is 0 Å². The fourth-order valence-corrected chi connectivity index (χ4v) is 4.23. The van der Waals surface area contributed by atoms with Gasteiger partial charge in [0.25, 0.3) is 0 Å². The third kappa shape index (κ3) is 4.18. The van der Waals surface area contributed by atoms with Crippen LogP contribution in [0.2, 0.25) is 0 Å². The maximum absolute atomic E-state index is 4.82. The molecule has 2 nitrogen and oxygen atoms in total. The van der Waals surface area contributed by atoms with E-state index in [1.807, 2.05) is 11.8 Å². The van der Waals surface area contributed by atoms with Gasteiger partial charge in [0.05, 0.1) is 0 Å². The van der Waals surface area contributed by atoms with E-state index < -0.39 is 0 Å². The second kappa shape index (κ2) is 6.31. The minimum absolute atomic E-state index is 0.240. The lowest BCUT2D eigenvalue weighted by atomic mass is 9.81. The summed E-state index contributed by atoms with van der Waals surface area (Å²) in [6.45, 7) is 7.92. The summed E-state index contributed by atoms with van der Waals surface area (Å²) in [5, 5.41) is 4.75. The van der Waals surface area contributed by atoms with E-state index in [9.17, 15) is 0 Å². The number of hydrogen-bond donors (Lipinski definition) is 1. The van der Waals surface area contributed by atoms with Crippen molar-refractivity contribution in [2.45, 2.75) is 64.8 Å². The van der Waals surface area contributed by atoms with Gasteiger partial charge in [0.15, 0.2) is 5.17 Å². The SMILES string of the molecule is CCC1CCC(CN=C2NC(C)(C)CCS2)CC1. The lowest BCUT2D eigenvalue weighted by Gasteiger charge is -2.33. The van der Waals surface area contributed by atoms with E-state index >= 15 is 0 Å². The van der Waals surface area contributed by atoms with Gasteiger partial charge in [-0.15, -0.1) is 0 Å². The Labute approximate surface area is 116 Å². The van der Waals surface area contributed by atoms with Crippen LogP contribution in [0.5, 0.6) is 0 Å². The first kappa shape index (κ1) is 14.2. The number of rotatable bonds is 3. The molecule has 1 aliphatic carbocycles. The molecule has 0 radical (unpaired) electrons. The maximum Gasteiger partial charge on any atom is 0.156 e. The number of nitrogens with one attached hydrogen (secondary N) is 1. The molecule has 2 rings (SSSR count). The molecule has 2 fully saturated rings. The van der Waals surface area contributed by atoms with Crippen LogP contribution in [0.3, 0.4) is 0 Å². The van der Waals surface area contributed by atoms with Crippen LogP contribution in [-0.2, 0) is 0 Å². The molecule has 2 aliphatic rings. The number of hydrogen-bond acceptors (Lipinski definition) is 2. The molecule has 1 saturated heterocycles. The lowest BCUT2D eigenvalue weighted by molar-refractivity contribution is 0.274. The Balaban J connectivity index is 1.77. The van der Waals surface area contributed by atoms with Crippen LogP contribution in [-0.4, -0.2) is 23.0 Å². The van der Waals surface area contributed by atoms with Gasteiger partial charge < -0.3 is 5.32 Å². The van der Waals surface area contributed by atoms with Crippen LogP contribution in [0.1, 0.15) is 59.3 Å². The van der Waals surface area contributed by atoms with E-state index in [1.54, 1.807) is 0 Å². The van der Waals surface area contributed by atoms with Crippen LogP contribution in [0.25, 0.3) is 0 Å². The van der Waals surface area contributed by atoms with Crippen molar-refractivity contribution in [3.8, 4) is 0 Å². The third-order valence-electron chi connectivity index (χ3n) is 4.45. The molecular weight excluding hydrogens is 240 g/mol. The van der Waals surface area contributed by atoms with Crippen LogP contribution in [0.4, 0.5) is 0 Å². The highest BCUT2D eigenvalue weighted by atomic mass is 32.2. The third-order valence-corrected chi connectivity index (χ3v) is 5.36. The zero-order valence-electron chi connectivity index (χ0n) is 12.2. The largest absolute Gasteiger partial charge is 0.360 e. The highest BCUT2D eigenvalue weighted by Gasteiger charge is 2.25. The van der Waals surface area contributed by atoms with Gasteiger partial charge in [-0.25, -0.2) is 0 Å². The van der Waals surface area contributed by atoms with Gasteiger partial charge in [0, 0.05) is 17.8 Å². The Bertz CT molecular complexity index is 291. The summed E-state index contributed by atoms with van der Waals surface area (Å²) in [6, 6.07) is 0. The predicted molar refractivity (Wildman–Crippen MR) is 82.3 cm³/mol. The van der Waals surface area contributed by atoms with Gasteiger partial charge in [-0.2, -0.15) is 0 Å². The summed E-state index contributed by atoms with van der Waals surface area (Å²) < 4.78 is 0. The maximum atomic E-state index is 4.82. The zero-order chi connectivity index (χ0) is 13.0. The molecule has 0 bridgehead atoms. The molecule has 3 heteroatoms. The molecule has 104 valence electrons. The van der Waals surface area contributed by atoms with Gasteiger partial charge in [0.1, 0.15) is 0 Å². The van der Waals surface area contributed by atoms with Crippen molar-refractivity contribution < 1.29 is 0 Å². The standard InChI is InChI=1S/C15H28N2S/c1-4-12-5-7-13(8-6-12)11-16-14-17-15(2,3)9-10-18-14/h12-13H,4-11H2,1-3H3,(H,16,17). The Hall–Kier alpha value is -0.180. The first-order valence-corrected chi connectivity index (χ1v) is 8.53. The molecule has 0 aromatic rings. The van der Waals surface area contributed by atoms with Gasteiger partial charge in [-0.3, -0.25) is 4.99 Å². The van der Waals surface area contributed by atoms with Gasteiger partial charge in [-0.1, -0.05) is 37.9 Å². The average molecular weight is 268 g/mol. The van der Waals surface area contributed by atoms with Crippen LogP contribution in [0, 0.1) is 11.8 Å². The Kier molecular flexibility index (Phi) is 4.99. The highest BCUT2D eigenvalue weighted by Crippen LogP contribution is 2.31. The molecule has 0 amide bonds. The van der Waals surface area contributed by atoms with E-state index in [0.29, 0.717) is 0 Å². The summed E-state index contributed by atoms with van der Waals surface area (Å²) in [7, 11) is 0. The summed E-state index contributed by atoms with van der Waals surface area (Å²) in [4.78, 5) is 4.82. The Morgan fingerprint density at radius 1 is 1.22 bits per heavy atom. The second-order valence-corrected chi connectivity index (χ2v) is 7.63. The number of amidine groups is 1. The molecule has 1 heterocycles. The fraction of sp³-hybridized carbons (Fsp3) is 0.933. The highest BCUT2D eigenvalue weighted by molar-refractivity contribution is 8.13. The molecule has 0 aromatic heterocycles. The van der Waals surface area contributed by atoms with Crippen molar-refractivity contribution in [2.24, 2.45) is 16.8 Å². The van der Waals surface area contributed by atoms with Crippen LogP contribution >= 0.6 is 11.8 Å². The molecule has 1 N–H and O–H groups in total. The fourth-order valence-electron chi connectivity index (χ4n) is 2.91. The Morgan fingerprint density at radius 2 is 1.89 bits per heavy atom. The van der Waals surface area contributed by atoms with Crippen molar-refractivity contribution in [1.82, 2.24) is 5.32 Å². The first-order valence-electron chi connectivity index (χ1n) is 7.54. The zero-order valence-corrected chi connectivity index (χ0v) is 13.0. The summed E-state index contributed by atoms with van der Waals surface area (Å²) in [6.07, 6.45) is 8.24. The van der Waals surface area contributed by atoms with Gasteiger partial charge in [-0.05, 0) is 44.9 Å². The van der Waals surface area contributed by atoms with Crippen molar-refractivity contribution in [2.75, 3.05) is 12.3 Å². The smallest absolute Gasteiger partial charge is 0.156 e. The minimum Gasteiger partial charge on any atom is -0.360 e. The van der Waals surface area contributed by atoms with Gasteiger partial charge >= 0.3 is 0 Å². The number of thioether (sulfide) groups is 1. The van der Waals surface area contributed by atoms with Gasteiger partial charge in [0.2, 0.25) is 0 Å². The average Bonchev–Trinajstić information content (AvgIpc) is 2.36.